The minimum absolute atomic E-state index is 0.396. The van der Waals surface area contributed by atoms with Gasteiger partial charge in [-0.05, 0) is 42.5 Å². The van der Waals surface area contributed by atoms with Crippen molar-refractivity contribution in [2.75, 3.05) is 19.1 Å². The van der Waals surface area contributed by atoms with E-state index in [2.05, 4.69) is 29.2 Å². The van der Waals surface area contributed by atoms with Crippen molar-refractivity contribution in [1.82, 2.24) is 0 Å². The molecule has 0 amide bonds. The lowest BCUT2D eigenvalue weighted by Gasteiger charge is -2.33. The van der Waals surface area contributed by atoms with Crippen LogP contribution in [-0.2, 0) is 4.74 Å². The summed E-state index contributed by atoms with van der Waals surface area (Å²) in [5, 5.41) is 0. The van der Waals surface area contributed by atoms with Gasteiger partial charge >= 0.3 is 5.97 Å². The molecule has 0 N–H and O–H groups in total. The van der Waals surface area contributed by atoms with Crippen molar-refractivity contribution >= 4 is 34.8 Å². The van der Waals surface area contributed by atoms with E-state index in [-0.39, 0.29) is 0 Å². The fraction of sp³-hybridized carbons (Fsp3) is 0.0952. The minimum atomic E-state index is -0.396. The maximum Gasteiger partial charge on any atom is 0.340 e. The quantitative estimate of drug-likeness (QED) is 0.455. The molecule has 4 rings (SSSR count). The van der Waals surface area contributed by atoms with Gasteiger partial charge in [0.05, 0.1) is 36.8 Å². The highest BCUT2D eigenvalue weighted by Crippen LogP contribution is 2.51. The summed E-state index contributed by atoms with van der Waals surface area (Å²) < 4.78 is 10.3. The molecular formula is C21H17NO3S. The molecule has 0 fully saturated rings. The lowest BCUT2D eigenvalue weighted by molar-refractivity contribution is 0.0601. The van der Waals surface area contributed by atoms with Crippen LogP contribution in [0.25, 0.3) is 0 Å². The van der Waals surface area contributed by atoms with Crippen LogP contribution < -0.4 is 9.64 Å². The van der Waals surface area contributed by atoms with Crippen LogP contribution in [0.1, 0.15) is 10.4 Å². The van der Waals surface area contributed by atoms with Crippen molar-refractivity contribution in [3.63, 3.8) is 0 Å². The first-order valence-corrected chi connectivity index (χ1v) is 8.97. The molecule has 0 aliphatic carbocycles. The molecule has 0 bridgehead atoms. The van der Waals surface area contributed by atoms with Crippen molar-refractivity contribution in [3.8, 4) is 5.75 Å². The van der Waals surface area contributed by atoms with Crippen molar-refractivity contribution < 1.29 is 14.3 Å². The van der Waals surface area contributed by atoms with Gasteiger partial charge in [0.25, 0.3) is 0 Å². The Kier molecular flexibility index (Phi) is 4.31. The third kappa shape index (κ3) is 2.70. The summed E-state index contributed by atoms with van der Waals surface area (Å²) in [5.41, 5.74) is 3.29. The van der Waals surface area contributed by atoms with Crippen molar-refractivity contribution in [3.05, 3.63) is 72.3 Å². The average molecular weight is 363 g/mol. The largest absolute Gasteiger partial charge is 0.497 e. The summed E-state index contributed by atoms with van der Waals surface area (Å²) in [7, 11) is 2.97. The molecule has 1 aliphatic heterocycles. The molecule has 0 saturated heterocycles. The smallest absolute Gasteiger partial charge is 0.340 e. The third-order valence-electron chi connectivity index (χ3n) is 4.28. The number of para-hydroxylation sites is 2. The second kappa shape index (κ2) is 6.77. The highest BCUT2D eigenvalue weighted by atomic mass is 32.2. The number of hydrogen-bond donors (Lipinski definition) is 0. The van der Waals surface area contributed by atoms with Crippen LogP contribution in [0, 0.1) is 0 Å². The molecule has 3 aromatic carbocycles. The Morgan fingerprint density at radius 1 is 0.846 bits per heavy atom. The number of fused-ring (bicyclic) bond motifs is 2. The van der Waals surface area contributed by atoms with Gasteiger partial charge in [-0.2, -0.15) is 0 Å². The van der Waals surface area contributed by atoms with Crippen molar-refractivity contribution in [1.29, 1.82) is 0 Å². The van der Waals surface area contributed by atoms with E-state index in [1.165, 1.54) is 7.11 Å². The summed E-state index contributed by atoms with van der Waals surface area (Å²) in [6.07, 6.45) is 0. The fourth-order valence-electron chi connectivity index (χ4n) is 3.07. The van der Waals surface area contributed by atoms with Crippen LogP contribution in [-0.4, -0.2) is 20.2 Å². The number of methoxy groups -OCH3 is 2. The number of carbonyl (C=O) groups excluding carboxylic acids is 1. The number of rotatable bonds is 3. The van der Waals surface area contributed by atoms with E-state index in [1.807, 2.05) is 36.4 Å². The molecule has 0 radical (unpaired) electrons. The highest BCUT2D eigenvalue weighted by molar-refractivity contribution is 7.99. The number of nitrogens with zero attached hydrogens (tertiary/aromatic N) is 1. The zero-order chi connectivity index (χ0) is 18.1. The van der Waals surface area contributed by atoms with Crippen molar-refractivity contribution in [2.24, 2.45) is 0 Å². The first-order valence-electron chi connectivity index (χ1n) is 8.15. The van der Waals surface area contributed by atoms with Crippen LogP contribution in [0.3, 0.4) is 0 Å². The summed E-state index contributed by atoms with van der Waals surface area (Å²) in [5.74, 6) is 0.217. The average Bonchev–Trinajstić information content (AvgIpc) is 2.71. The molecule has 0 saturated carbocycles. The van der Waals surface area contributed by atoms with Gasteiger partial charge in [0.2, 0.25) is 0 Å². The van der Waals surface area contributed by atoms with Crippen LogP contribution >= 0.6 is 11.8 Å². The maximum absolute atomic E-state index is 12.5. The van der Waals surface area contributed by atoms with Crippen molar-refractivity contribution in [2.45, 2.75) is 9.79 Å². The summed E-state index contributed by atoms with van der Waals surface area (Å²) in [6.45, 7) is 0. The second-order valence-electron chi connectivity index (χ2n) is 5.75. The van der Waals surface area contributed by atoms with Crippen LogP contribution in [0.4, 0.5) is 17.1 Å². The Bertz CT molecular complexity index is 941. The monoisotopic (exact) mass is 363 g/mol. The molecule has 1 heterocycles. The van der Waals surface area contributed by atoms with Crippen LogP contribution in [0.5, 0.6) is 5.75 Å². The SMILES string of the molecule is COC(=O)c1cc(OC)ccc1N1c2ccccc2Sc2ccccc21. The molecule has 3 aromatic rings. The van der Waals surface area contributed by atoms with E-state index in [4.69, 9.17) is 9.47 Å². The number of ether oxygens (including phenoxy) is 2. The van der Waals surface area contributed by atoms with E-state index in [0.717, 1.165) is 26.9 Å². The molecule has 26 heavy (non-hydrogen) atoms. The molecule has 0 spiro atoms. The van der Waals surface area contributed by atoms with E-state index in [9.17, 15) is 4.79 Å². The third-order valence-corrected chi connectivity index (χ3v) is 5.41. The predicted octanol–water partition coefficient (Wildman–Crippen LogP) is 5.42. The van der Waals surface area contributed by atoms with Gasteiger partial charge < -0.3 is 14.4 Å². The van der Waals surface area contributed by atoms with Gasteiger partial charge in [-0.3, -0.25) is 0 Å². The van der Waals surface area contributed by atoms with Gasteiger partial charge in [-0.15, -0.1) is 0 Å². The lowest BCUT2D eigenvalue weighted by Crippen LogP contribution is -2.18. The summed E-state index contributed by atoms with van der Waals surface area (Å²) in [4.78, 5) is 16.8. The Morgan fingerprint density at radius 3 is 2.04 bits per heavy atom. The van der Waals surface area contributed by atoms with Crippen LogP contribution in [0.15, 0.2) is 76.5 Å². The molecule has 0 aromatic heterocycles. The molecular weight excluding hydrogens is 346 g/mol. The Balaban J connectivity index is 1.98. The number of hydrogen-bond acceptors (Lipinski definition) is 5. The van der Waals surface area contributed by atoms with E-state index in [0.29, 0.717) is 11.3 Å². The van der Waals surface area contributed by atoms with E-state index in [1.54, 1.807) is 24.9 Å². The van der Waals surface area contributed by atoms with E-state index >= 15 is 0 Å². The topological polar surface area (TPSA) is 38.8 Å². The van der Waals surface area contributed by atoms with E-state index < -0.39 is 5.97 Å². The second-order valence-corrected chi connectivity index (χ2v) is 6.83. The van der Waals surface area contributed by atoms with Gasteiger partial charge in [0.1, 0.15) is 5.75 Å². The number of benzene rings is 3. The highest BCUT2D eigenvalue weighted by Gasteiger charge is 2.27. The number of anilines is 3. The number of esters is 1. The molecule has 1 aliphatic rings. The zero-order valence-electron chi connectivity index (χ0n) is 14.4. The van der Waals surface area contributed by atoms with Gasteiger partial charge in [-0.1, -0.05) is 36.0 Å². The van der Waals surface area contributed by atoms with Gasteiger partial charge in [0, 0.05) is 9.79 Å². The molecule has 5 heteroatoms. The molecule has 0 unspecified atom stereocenters. The summed E-state index contributed by atoms with van der Waals surface area (Å²) in [6, 6.07) is 21.8. The Morgan fingerprint density at radius 2 is 1.46 bits per heavy atom. The van der Waals surface area contributed by atoms with Gasteiger partial charge in [0.15, 0.2) is 0 Å². The normalized spacial score (nSPS) is 12.2. The standard InChI is InChI=1S/C21H17NO3S/c1-24-14-11-12-16(15(13-14)21(23)25-2)22-17-7-3-5-9-19(17)26-20-10-6-4-8-18(20)22/h3-13H,1-2H3. The maximum atomic E-state index is 12.5. The van der Waals surface area contributed by atoms with Gasteiger partial charge in [-0.25, -0.2) is 4.79 Å². The minimum Gasteiger partial charge on any atom is -0.497 e. The Labute approximate surface area is 156 Å². The molecule has 0 atom stereocenters. The first kappa shape index (κ1) is 16.5. The predicted molar refractivity (Wildman–Crippen MR) is 103 cm³/mol. The molecule has 130 valence electrons. The Hall–Kier alpha value is -2.92. The molecule has 4 nitrogen and oxygen atoms in total. The summed E-state index contributed by atoms with van der Waals surface area (Å²) >= 11 is 1.73. The first-order chi connectivity index (χ1) is 12.7. The fourth-order valence-corrected chi connectivity index (χ4v) is 4.13. The number of carbonyl (C=O) groups is 1. The zero-order valence-corrected chi connectivity index (χ0v) is 15.2. The lowest BCUT2D eigenvalue weighted by atomic mass is 10.1. The van der Waals surface area contributed by atoms with Crippen LogP contribution in [0.2, 0.25) is 0 Å².